The molecule has 5 nitrogen and oxygen atoms in total. The third-order valence-electron chi connectivity index (χ3n) is 3.99. The first kappa shape index (κ1) is 14.8. The SMILES string of the molecule is CCCC(=O)NC1(/C(N)=N/O)CCC(CC)CC1. The lowest BCUT2D eigenvalue weighted by molar-refractivity contribution is -0.122. The quantitative estimate of drug-likeness (QED) is 0.304. The van der Waals surface area contributed by atoms with E-state index in [1.807, 2.05) is 6.92 Å². The molecule has 1 rings (SSSR count). The molecule has 0 aromatic carbocycles. The van der Waals surface area contributed by atoms with Crippen LogP contribution >= 0.6 is 0 Å². The lowest BCUT2D eigenvalue weighted by atomic mass is 9.75. The van der Waals surface area contributed by atoms with E-state index in [1.165, 1.54) is 0 Å². The summed E-state index contributed by atoms with van der Waals surface area (Å²) in [6.45, 7) is 4.14. The van der Waals surface area contributed by atoms with Crippen LogP contribution in [0.4, 0.5) is 0 Å². The Morgan fingerprint density at radius 3 is 2.50 bits per heavy atom. The first-order chi connectivity index (χ1) is 8.57. The van der Waals surface area contributed by atoms with Crippen LogP contribution in [0.5, 0.6) is 0 Å². The van der Waals surface area contributed by atoms with Gasteiger partial charge in [0.1, 0.15) is 5.54 Å². The van der Waals surface area contributed by atoms with Crippen molar-refractivity contribution in [2.45, 2.75) is 64.3 Å². The third-order valence-corrected chi connectivity index (χ3v) is 3.99. The number of amidine groups is 1. The Kier molecular flexibility index (Phi) is 5.44. The zero-order valence-corrected chi connectivity index (χ0v) is 11.4. The lowest BCUT2D eigenvalue weighted by Crippen LogP contribution is -2.59. The van der Waals surface area contributed by atoms with Gasteiger partial charge in [-0.3, -0.25) is 4.79 Å². The molecule has 1 aliphatic rings. The van der Waals surface area contributed by atoms with Crippen LogP contribution in [-0.4, -0.2) is 22.5 Å². The Bertz CT molecular complexity index is 307. The fourth-order valence-corrected chi connectivity index (χ4v) is 2.68. The van der Waals surface area contributed by atoms with Crippen molar-refractivity contribution < 1.29 is 10.0 Å². The number of rotatable bonds is 5. The second-order valence-electron chi connectivity index (χ2n) is 5.22. The number of hydrogen-bond acceptors (Lipinski definition) is 3. The van der Waals surface area contributed by atoms with Gasteiger partial charge in [0.15, 0.2) is 5.84 Å². The minimum absolute atomic E-state index is 0.0148. The zero-order valence-electron chi connectivity index (χ0n) is 11.4. The van der Waals surface area contributed by atoms with Gasteiger partial charge in [0, 0.05) is 6.42 Å². The molecule has 1 saturated carbocycles. The average Bonchev–Trinajstić information content (AvgIpc) is 2.38. The Morgan fingerprint density at radius 1 is 1.44 bits per heavy atom. The molecule has 0 aromatic rings. The van der Waals surface area contributed by atoms with Crippen molar-refractivity contribution in [3.05, 3.63) is 0 Å². The van der Waals surface area contributed by atoms with E-state index in [0.29, 0.717) is 12.3 Å². The van der Waals surface area contributed by atoms with Crippen LogP contribution in [0.2, 0.25) is 0 Å². The summed E-state index contributed by atoms with van der Waals surface area (Å²) in [6.07, 6.45) is 5.98. The van der Waals surface area contributed by atoms with Gasteiger partial charge in [0.25, 0.3) is 0 Å². The number of hydrogen-bond donors (Lipinski definition) is 3. The predicted molar refractivity (Wildman–Crippen MR) is 71.4 cm³/mol. The molecule has 0 radical (unpaired) electrons. The van der Waals surface area contributed by atoms with E-state index in [0.717, 1.165) is 38.5 Å². The van der Waals surface area contributed by atoms with E-state index < -0.39 is 5.54 Å². The minimum atomic E-state index is -0.632. The van der Waals surface area contributed by atoms with Crippen LogP contribution < -0.4 is 11.1 Å². The highest BCUT2D eigenvalue weighted by molar-refractivity contribution is 5.94. The second kappa shape index (κ2) is 6.61. The number of carbonyl (C=O) groups is 1. The molecule has 104 valence electrons. The van der Waals surface area contributed by atoms with Crippen molar-refractivity contribution in [2.24, 2.45) is 16.8 Å². The molecule has 0 spiro atoms. The number of nitrogens with two attached hydrogens (primary N) is 1. The fraction of sp³-hybridized carbons (Fsp3) is 0.846. The summed E-state index contributed by atoms with van der Waals surface area (Å²) in [5.74, 6) is 0.813. The van der Waals surface area contributed by atoms with Crippen molar-refractivity contribution in [1.82, 2.24) is 5.32 Å². The summed E-state index contributed by atoms with van der Waals surface area (Å²) in [4.78, 5) is 11.8. The standard InChI is InChI=1S/C13H25N3O2/c1-3-5-11(17)15-13(12(14)16-18)8-6-10(4-2)7-9-13/h10,18H,3-9H2,1-2H3,(H2,14,16)(H,15,17). The number of amides is 1. The Balaban J connectivity index is 2.75. The molecule has 5 heteroatoms. The van der Waals surface area contributed by atoms with Gasteiger partial charge in [0.05, 0.1) is 0 Å². The zero-order chi connectivity index (χ0) is 13.6. The van der Waals surface area contributed by atoms with Crippen LogP contribution in [0.3, 0.4) is 0 Å². The molecule has 1 fully saturated rings. The van der Waals surface area contributed by atoms with Crippen LogP contribution in [-0.2, 0) is 4.79 Å². The summed E-state index contributed by atoms with van der Waals surface area (Å²) >= 11 is 0. The summed E-state index contributed by atoms with van der Waals surface area (Å²) in [7, 11) is 0. The second-order valence-corrected chi connectivity index (χ2v) is 5.22. The van der Waals surface area contributed by atoms with E-state index in [-0.39, 0.29) is 11.7 Å². The summed E-state index contributed by atoms with van der Waals surface area (Å²) in [5, 5.41) is 15.0. The van der Waals surface area contributed by atoms with Gasteiger partial charge in [-0.05, 0) is 38.0 Å². The predicted octanol–water partition coefficient (Wildman–Crippen LogP) is 1.99. The molecule has 0 unspecified atom stereocenters. The Labute approximate surface area is 109 Å². The fourth-order valence-electron chi connectivity index (χ4n) is 2.68. The summed E-state index contributed by atoms with van der Waals surface area (Å²) in [6, 6.07) is 0. The maximum Gasteiger partial charge on any atom is 0.220 e. The van der Waals surface area contributed by atoms with Gasteiger partial charge in [0.2, 0.25) is 5.91 Å². The highest BCUT2D eigenvalue weighted by atomic mass is 16.4. The molecule has 4 N–H and O–H groups in total. The molecule has 1 amide bonds. The largest absolute Gasteiger partial charge is 0.409 e. The van der Waals surface area contributed by atoms with Crippen molar-refractivity contribution in [3.63, 3.8) is 0 Å². The first-order valence-electron chi connectivity index (χ1n) is 6.87. The van der Waals surface area contributed by atoms with Gasteiger partial charge in [-0.15, -0.1) is 0 Å². The van der Waals surface area contributed by atoms with E-state index >= 15 is 0 Å². The lowest BCUT2D eigenvalue weighted by Gasteiger charge is -2.39. The van der Waals surface area contributed by atoms with E-state index in [4.69, 9.17) is 10.9 Å². The highest BCUT2D eigenvalue weighted by Crippen LogP contribution is 2.34. The van der Waals surface area contributed by atoms with Crippen molar-refractivity contribution in [2.75, 3.05) is 0 Å². The molecule has 18 heavy (non-hydrogen) atoms. The molecule has 0 saturated heterocycles. The number of oxime groups is 1. The van der Waals surface area contributed by atoms with E-state index in [2.05, 4.69) is 17.4 Å². The highest BCUT2D eigenvalue weighted by Gasteiger charge is 2.40. The average molecular weight is 255 g/mol. The number of nitrogens with zero attached hydrogens (tertiary/aromatic N) is 1. The summed E-state index contributed by atoms with van der Waals surface area (Å²) in [5.41, 5.74) is 5.17. The summed E-state index contributed by atoms with van der Waals surface area (Å²) < 4.78 is 0. The van der Waals surface area contributed by atoms with Gasteiger partial charge in [-0.25, -0.2) is 0 Å². The minimum Gasteiger partial charge on any atom is -0.409 e. The van der Waals surface area contributed by atoms with Gasteiger partial charge < -0.3 is 16.3 Å². The molecule has 0 aliphatic heterocycles. The normalized spacial score (nSPS) is 29.0. The maximum atomic E-state index is 11.8. The smallest absolute Gasteiger partial charge is 0.220 e. The van der Waals surface area contributed by atoms with Gasteiger partial charge >= 0.3 is 0 Å². The molecular weight excluding hydrogens is 230 g/mol. The molecule has 0 atom stereocenters. The third kappa shape index (κ3) is 3.37. The van der Waals surface area contributed by atoms with Crippen LogP contribution in [0.25, 0.3) is 0 Å². The van der Waals surface area contributed by atoms with Crippen molar-refractivity contribution in [3.8, 4) is 0 Å². The van der Waals surface area contributed by atoms with Crippen LogP contribution in [0.1, 0.15) is 58.8 Å². The van der Waals surface area contributed by atoms with Crippen molar-refractivity contribution >= 4 is 11.7 Å². The maximum absolute atomic E-state index is 11.8. The molecule has 0 heterocycles. The van der Waals surface area contributed by atoms with E-state index in [1.54, 1.807) is 0 Å². The van der Waals surface area contributed by atoms with Crippen molar-refractivity contribution in [1.29, 1.82) is 0 Å². The first-order valence-corrected chi connectivity index (χ1v) is 6.87. The molecule has 0 bridgehead atoms. The topological polar surface area (TPSA) is 87.7 Å². The Morgan fingerprint density at radius 2 is 2.06 bits per heavy atom. The van der Waals surface area contributed by atoms with Crippen LogP contribution in [0.15, 0.2) is 5.16 Å². The molecule has 0 aromatic heterocycles. The van der Waals surface area contributed by atoms with E-state index in [9.17, 15) is 4.79 Å². The van der Waals surface area contributed by atoms with Gasteiger partial charge in [-0.2, -0.15) is 0 Å². The molecule has 1 aliphatic carbocycles. The Hall–Kier alpha value is -1.26. The molecular formula is C13H25N3O2. The number of carbonyl (C=O) groups excluding carboxylic acids is 1. The monoisotopic (exact) mass is 255 g/mol. The number of nitrogens with one attached hydrogen (secondary N) is 1. The van der Waals surface area contributed by atoms with Gasteiger partial charge in [-0.1, -0.05) is 25.4 Å². The van der Waals surface area contributed by atoms with Crippen LogP contribution in [0, 0.1) is 5.92 Å².